The minimum absolute atomic E-state index is 0.488. The number of aromatic amines is 1. The molecule has 0 aliphatic rings. The second-order valence-corrected chi connectivity index (χ2v) is 5.72. The van der Waals surface area contributed by atoms with Crippen molar-refractivity contribution >= 4 is 22.8 Å². The zero-order valence-electron chi connectivity index (χ0n) is 11.5. The summed E-state index contributed by atoms with van der Waals surface area (Å²) in [5, 5.41) is 0.880. The van der Waals surface area contributed by atoms with E-state index < -0.39 is 0 Å². The fourth-order valence-electron chi connectivity index (χ4n) is 2.24. The minimum atomic E-state index is 0.488. The zero-order chi connectivity index (χ0) is 14.1. The minimum Gasteiger partial charge on any atom is -0.333 e. The highest BCUT2D eigenvalue weighted by molar-refractivity contribution is 7.99. The van der Waals surface area contributed by atoms with E-state index in [9.17, 15) is 0 Å². The number of imidazole rings is 1. The van der Waals surface area contributed by atoms with Crippen molar-refractivity contribution in [1.29, 1.82) is 0 Å². The molecule has 3 N–H and O–H groups in total. The van der Waals surface area contributed by atoms with Crippen LogP contribution in [0.1, 0.15) is 17.0 Å². The molecular formula is C15H16N4S. The quantitative estimate of drug-likeness (QED) is 0.775. The van der Waals surface area contributed by atoms with Gasteiger partial charge in [-0.05, 0) is 32.0 Å². The maximum Gasteiger partial charge on any atom is 0.171 e. The van der Waals surface area contributed by atoms with Crippen LogP contribution in [0.15, 0.2) is 40.4 Å². The van der Waals surface area contributed by atoms with E-state index in [1.54, 1.807) is 11.8 Å². The number of H-pyrrole nitrogens is 1. The lowest BCUT2D eigenvalue weighted by Crippen LogP contribution is -2.04. The molecule has 0 aliphatic carbocycles. The fraction of sp³-hybridized carbons (Fsp3) is 0.200. The Balaban J connectivity index is 2.02. The summed E-state index contributed by atoms with van der Waals surface area (Å²) in [5.74, 6) is 0. The first-order valence-corrected chi connectivity index (χ1v) is 7.29. The molecule has 0 bridgehead atoms. The van der Waals surface area contributed by atoms with Gasteiger partial charge in [0.15, 0.2) is 5.16 Å². The molecule has 3 rings (SSSR count). The molecule has 0 aliphatic heterocycles. The number of nitrogens with two attached hydrogens (primary N) is 1. The monoisotopic (exact) mass is 284 g/mol. The molecule has 2 heterocycles. The number of para-hydroxylation sites is 2. The topological polar surface area (TPSA) is 67.6 Å². The third kappa shape index (κ3) is 2.42. The molecule has 0 fully saturated rings. The molecule has 0 spiro atoms. The number of nitrogens with zero attached hydrogens (tertiary/aromatic N) is 2. The fourth-order valence-corrected chi connectivity index (χ4v) is 3.34. The average Bonchev–Trinajstić information content (AvgIpc) is 2.80. The van der Waals surface area contributed by atoms with Crippen molar-refractivity contribution in [3.63, 3.8) is 0 Å². The number of aromatic nitrogens is 3. The lowest BCUT2D eigenvalue weighted by Gasteiger charge is -2.09. The number of hydrogen-bond donors (Lipinski definition) is 2. The van der Waals surface area contributed by atoms with Gasteiger partial charge in [-0.1, -0.05) is 23.9 Å². The van der Waals surface area contributed by atoms with Gasteiger partial charge >= 0.3 is 0 Å². The molecule has 0 atom stereocenters. The molecule has 20 heavy (non-hydrogen) atoms. The molecule has 4 nitrogen and oxygen atoms in total. The summed E-state index contributed by atoms with van der Waals surface area (Å²) < 4.78 is 0. The van der Waals surface area contributed by atoms with Gasteiger partial charge in [0.05, 0.1) is 11.0 Å². The van der Waals surface area contributed by atoms with Gasteiger partial charge in [-0.2, -0.15) is 0 Å². The molecule has 3 aromatic rings. The summed E-state index contributed by atoms with van der Waals surface area (Å²) in [5.41, 5.74) is 10.9. The van der Waals surface area contributed by atoms with Crippen LogP contribution in [-0.4, -0.2) is 15.0 Å². The zero-order valence-corrected chi connectivity index (χ0v) is 12.3. The van der Waals surface area contributed by atoms with E-state index in [0.717, 1.165) is 38.0 Å². The first-order chi connectivity index (χ1) is 9.67. The van der Waals surface area contributed by atoms with Gasteiger partial charge in [-0.15, -0.1) is 0 Å². The van der Waals surface area contributed by atoms with Crippen molar-refractivity contribution in [2.24, 2.45) is 5.73 Å². The summed E-state index contributed by atoms with van der Waals surface area (Å²) in [4.78, 5) is 13.5. The Morgan fingerprint density at radius 2 is 2.00 bits per heavy atom. The summed E-state index contributed by atoms with van der Waals surface area (Å²) in [6, 6.07) is 10.1. The Morgan fingerprint density at radius 1 is 1.20 bits per heavy atom. The largest absolute Gasteiger partial charge is 0.333 e. The van der Waals surface area contributed by atoms with Gasteiger partial charge in [0.2, 0.25) is 0 Å². The van der Waals surface area contributed by atoms with Crippen LogP contribution in [0.5, 0.6) is 0 Å². The van der Waals surface area contributed by atoms with E-state index in [0.29, 0.717) is 6.54 Å². The smallest absolute Gasteiger partial charge is 0.171 e. The molecule has 0 unspecified atom stereocenters. The molecule has 0 amide bonds. The van der Waals surface area contributed by atoms with E-state index in [-0.39, 0.29) is 0 Å². The third-order valence-electron chi connectivity index (χ3n) is 3.20. The predicted octanol–water partition coefficient (Wildman–Crippen LogP) is 3.18. The van der Waals surface area contributed by atoms with Crippen LogP contribution >= 0.6 is 11.8 Å². The average molecular weight is 284 g/mol. The van der Waals surface area contributed by atoms with Gasteiger partial charge in [0, 0.05) is 28.4 Å². The van der Waals surface area contributed by atoms with Gasteiger partial charge < -0.3 is 10.7 Å². The van der Waals surface area contributed by atoms with Crippen LogP contribution in [0.25, 0.3) is 11.0 Å². The van der Waals surface area contributed by atoms with Gasteiger partial charge in [0.1, 0.15) is 0 Å². The van der Waals surface area contributed by atoms with E-state index in [1.165, 1.54) is 0 Å². The van der Waals surface area contributed by atoms with Crippen molar-refractivity contribution in [3.8, 4) is 0 Å². The predicted molar refractivity (Wildman–Crippen MR) is 81.8 cm³/mol. The number of aryl methyl sites for hydroxylation is 2. The standard InChI is InChI=1S/C15H16N4S/c1-9-7-14(11(8-16)10(2)17-9)20-15-18-12-5-3-4-6-13(12)19-15/h3-7H,8,16H2,1-2H3,(H,18,19). The van der Waals surface area contributed by atoms with Crippen molar-refractivity contribution in [1.82, 2.24) is 15.0 Å². The van der Waals surface area contributed by atoms with Crippen LogP contribution in [0.4, 0.5) is 0 Å². The molecule has 5 heteroatoms. The van der Waals surface area contributed by atoms with Gasteiger partial charge in [0.25, 0.3) is 0 Å². The first kappa shape index (κ1) is 13.1. The van der Waals surface area contributed by atoms with Crippen LogP contribution < -0.4 is 5.73 Å². The molecule has 0 saturated carbocycles. The second-order valence-electron chi connectivity index (χ2n) is 4.69. The highest BCUT2D eigenvalue weighted by Crippen LogP contribution is 2.31. The molecule has 0 radical (unpaired) electrons. The summed E-state index contributed by atoms with van der Waals surface area (Å²) in [6.45, 7) is 4.48. The van der Waals surface area contributed by atoms with E-state index >= 15 is 0 Å². The molecular weight excluding hydrogens is 268 g/mol. The highest BCUT2D eigenvalue weighted by Gasteiger charge is 2.11. The number of nitrogens with one attached hydrogen (secondary N) is 1. The Hall–Kier alpha value is -1.85. The second kappa shape index (κ2) is 5.26. The van der Waals surface area contributed by atoms with Crippen molar-refractivity contribution < 1.29 is 0 Å². The summed E-state index contributed by atoms with van der Waals surface area (Å²) in [7, 11) is 0. The van der Waals surface area contributed by atoms with Crippen LogP contribution in [-0.2, 0) is 6.54 Å². The summed E-state index contributed by atoms with van der Waals surface area (Å²) >= 11 is 1.61. The maximum absolute atomic E-state index is 5.85. The molecule has 0 saturated heterocycles. The Morgan fingerprint density at radius 3 is 2.75 bits per heavy atom. The molecule has 2 aromatic heterocycles. The van der Waals surface area contributed by atoms with E-state index in [2.05, 4.69) is 21.0 Å². The third-order valence-corrected chi connectivity index (χ3v) is 4.17. The van der Waals surface area contributed by atoms with Crippen LogP contribution in [0.2, 0.25) is 0 Å². The molecule has 102 valence electrons. The Labute approximate surface area is 121 Å². The molecule has 1 aromatic carbocycles. The maximum atomic E-state index is 5.85. The van der Waals surface area contributed by atoms with Crippen LogP contribution in [0.3, 0.4) is 0 Å². The SMILES string of the molecule is Cc1cc(Sc2nc3ccccc3[nH]2)c(CN)c(C)n1. The van der Waals surface area contributed by atoms with E-state index in [1.807, 2.05) is 38.1 Å². The van der Waals surface area contributed by atoms with Gasteiger partial charge in [-0.3, -0.25) is 4.98 Å². The normalized spacial score (nSPS) is 11.2. The number of hydrogen-bond acceptors (Lipinski definition) is 4. The highest BCUT2D eigenvalue weighted by atomic mass is 32.2. The van der Waals surface area contributed by atoms with Gasteiger partial charge in [-0.25, -0.2) is 4.98 Å². The van der Waals surface area contributed by atoms with Crippen molar-refractivity contribution in [3.05, 3.63) is 47.3 Å². The van der Waals surface area contributed by atoms with Crippen molar-refractivity contribution in [2.45, 2.75) is 30.4 Å². The number of benzene rings is 1. The van der Waals surface area contributed by atoms with E-state index in [4.69, 9.17) is 5.73 Å². The Bertz CT molecular complexity index is 731. The Kier molecular flexibility index (Phi) is 3.46. The van der Waals surface area contributed by atoms with Crippen LogP contribution in [0, 0.1) is 13.8 Å². The number of fused-ring (bicyclic) bond motifs is 1. The summed E-state index contributed by atoms with van der Waals surface area (Å²) in [6.07, 6.45) is 0. The first-order valence-electron chi connectivity index (χ1n) is 6.47. The van der Waals surface area contributed by atoms with Crippen molar-refractivity contribution in [2.75, 3.05) is 0 Å². The lowest BCUT2D eigenvalue weighted by atomic mass is 10.2. The number of rotatable bonds is 3. The lowest BCUT2D eigenvalue weighted by molar-refractivity contribution is 0.941. The number of pyridine rings is 1.